The first-order valence-electron chi connectivity index (χ1n) is 8.00. The number of hydrogen-bond donors (Lipinski definition) is 1. The third-order valence-corrected chi connectivity index (χ3v) is 4.56. The summed E-state index contributed by atoms with van der Waals surface area (Å²) < 4.78 is 5.08. The highest BCUT2D eigenvalue weighted by atomic mass is 16.5. The molecule has 0 aliphatic carbocycles. The van der Waals surface area contributed by atoms with Crippen LogP contribution in [0.15, 0.2) is 16.8 Å². The number of fused-ring (bicyclic) bond motifs is 1. The van der Waals surface area contributed by atoms with Crippen molar-refractivity contribution in [3.05, 3.63) is 23.5 Å². The molecule has 0 aromatic carbocycles. The van der Waals surface area contributed by atoms with Crippen LogP contribution in [0.25, 0.3) is 11.1 Å². The van der Waals surface area contributed by atoms with Crippen molar-refractivity contribution in [3.8, 4) is 0 Å². The van der Waals surface area contributed by atoms with E-state index in [1.807, 2.05) is 11.8 Å². The first-order valence-corrected chi connectivity index (χ1v) is 8.00. The van der Waals surface area contributed by atoms with Gasteiger partial charge in [0.05, 0.1) is 23.3 Å². The van der Waals surface area contributed by atoms with E-state index in [1.165, 1.54) is 0 Å². The van der Waals surface area contributed by atoms with Crippen LogP contribution < -0.4 is 0 Å². The highest BCUT2D eigenvalue weighted by molar-refractivity contribution is 5.97. The molecule has 7 nitrogen and oxygen atoms in total. The van der Waals surface area contributed by atoms with Crippen LogP contribution in [0.1, 0.15) is 29.4 Å². The number of aliphatic hydroxyl groups is 1. The maximum Gasteiger partial charge on any atom is 0.257 e. The summed E-state index contributed by atoms with van der Waals surface area (Å²) >= 11 is 0. The summed E-state index contributed by atoms with van der Waals surface area (Å²) in [4.78, 5) is 20.9. The van der Waals surface area contributed by atoms with Crippen molar-refractivity contribution >= 4 is 17.0 Å². The topological polar surface area (TPSA) is 82.7 Å². The van der Waals surface area contributed by atoms with Crippen LogP contribution in [0.3, 0.4) is 0 Å². The zero-order valence-electron chi connectivity index (χ0n) is 13.5. The summed E-state index contributed by atoms with van der Waals surface area (Å²) in [6.07, 6.45) is 2.46. The van der Waals surface area contributed by atoms with Crippen molar-refractivity contribution in [2.24, 2.45) is 0 Å². The van der Waals surface area contributed by atoms with E-state index in [0.717, 1.165) is 30.6 Å². The molecule has 1 atom stereocenters. The smallest absolute Gasteiger partial charge is 0.257 e. The van der Waals surface area contributed by atoms with Crippen LogP contribution in [0.5, 0.6) is 0 Å². The Labute approximate surface area is 134 Å². The molecule has 1 unspecified atom stereocenters. The molecule has 1 N–H and O–H groups in total. The van der Waals surface area contributed by atoms with Crippen molar-refractivity contribution in [2.75, 3.05) is 32.8 Å². The number of aromatic nitrogens is 2. The second kappa shape index (κ2) is 6.64. The SMILES string of the molecule is CCC(CO)N1CCN(C(=O)c2cnc3onc(C)c3c2)CC1. The molecule has 0 bridgehead atoms. The second-order valence-electron chi connectivity index (χ2n) is 5.92. The monoisotopic (exact) mass is 318 g/mol. The lowest BCUT2D eigenvalue weighted by Gasteiger charge is -2.38. The van der Waals surface area contributed by atoms with Gasteiger partial charge in [0.15, 0.2) is 0 Å². The summed E-state index contributed by atoms with van der Waals surface area (Å²) in [5, 5.41) is 14.0. The Bertz CT molecular complexity index is 688. The number of carbonyl (C=O) groups excluding carboxylic acids is 1. The Kier molecular flexibility index (Phi) is 4.58. The molecule has 1 aliphatic rings. The predicted molar refractivity (Wildman–Crippen MR) is 85.2 cm³/mol. The van der Waals surface area contributed by atoms with E-state index in [2.05, 4.69) is 22.0 Å². The summed E-state index contributed by atoms with van der Waals surface area (Å²) in [6, 6.07) is 1.98. The molecule has 124 valence electrons. The van der Waals surface area contributed by atoms with Gasteiger partial charge in [0.1, 0.15) is 0 Å². The quantitative estimate of drug-likeness (QED) is 0.907. The standard InChI is InChI=1S/C16H22N4O3/c1-3-13(10-21)19-4-6-20(7-5-19)16(22)12-8-14-11(2)18-23-15(14)17-9-12/h8-9,13,21H,3-7,10H2,1-2H3. The molecular weight excluding hydrogens is 296 g/mol. The lowest BCUT2D eigenvalue weighted by atomic mass is 10.1. The largest absolute Gasteiger partial charge is 0.395 e. The molecular formula is C16H22N4O3. The molecule has 7 heteroatoms. The molecule has 2 aromatic heterocycles. The molecule has 3 rings (SSSR count). The fourth-order valence-electron chi connectivity index (χ4n) is 3.04. The number of nitrogens with zero attached hydrogens (tertiary/aromatic N) is 4. The van der Waals surface area contributed by atoms with Gasteiger partial charge >= 0.3 is 0 Å². The predicted octanol–water partition coefficient (Wildman–Crippen LogP) is 1.06. The van der Waals surface area contributed by atoms with Crippen molar-refractivity contribution in [2.45, 2.75) is 26.3 Å². The summed E-state index contributed by atoms with van der Waals surface area (Å²) in [7, 11) is 0. The average molecular weight is 318 g/mol. The van der Waals surface area contributed by atoms with Gasteiger partial charge in [0.2, 0.25) is 0 Å². The molecule has 1 amide bonds. The van der Waals surface area contributed by atoms with E-state index >= 15 is 0 Å². The molecule has 0 saturated carbocycles. The number of rotatable bonds is 4. The van der Waals surface area contributed by atoms with E-state index in [0.29, 0.717) is 24.4 Å². The first kappa shape index (κ1) is 15.9. The third kappa shape index (κ3) is 3.07. The van der Waals surface area contributed by atoms with Crippen molar-refractivity contribution in [1.82, 2.24) is 19.9 Å². The molecule has 23 heavy (non-hydrogen) atoms. The van der Waals surface area contributed by atoms with E-state index in [-0.39, 0.29) is 18.6 Å². The van der Waals surface area contributed by atoms with E-state index in [1.54, 1.807) is 12.3 Å². The Morgan fingerprint density at radius 3 is 2.78 bits per heavy atom. The van der Waals surface area contributed by atoms with E-state index in [4.69, 9.17) is 4.52 Å². The van der Waals surface area contributed by atoms with E-state index < -0.39 is 0 Å². The number of hydrogen-bond acceptors (Lipinski definition) is 6. The molecule has 3 heterocycles. The van der Waals surface area contributed by atoms with Gasteiger partial charge in [-0.2, -0.15) is 0 Å². The van der Waals surface area contributed by atoms with Gasteiger partial charge in [-0.15, -0.1) is 0 Å². The normalized spacial score (nSPS) is 17.6. The van der Waals surface area contributed by atoms with Gasteiger partial charge in [0, 0.05) is 38.4 Å². The Hall–Kier alpha value is -1.99. The molecule has 1 fully saturated rings. The summed E-state index contributed by atoms with van der Waals surface area (Å²) in [5.41, 5.74) is 1.75. The first-order chi connectivity index (χ1) is 11.1. The minimum Gasteiger partial charge on any atom is -0.395 e. The Morgan fingerprint density at radius 2 is 2.13 bits per heavy atom. The number of pyridine rings is 1. The maximum absolute atomic E-state index is 12.7. The number of aliphatic hydroxyl groups excluding tert-OH is 1. The van der Waals surface area contributed by atoms with Crippen molar-refractivity contribution < 1.29 is 14.4 Å². The Balaban J connectivity index is 1.70. The second-order valence-corrected chi connectivity index (χ2v) is 5.92. The molecule has 2 aromatic rings. The highest BCUT2D eigenvalue weighted by Gasteiger charge is 2.26. The van der Waals surface area contributed by atoms with E-state index in [9.17, 15) is 9.90 Å². The highest BCUT2D eigenvalue weighted by Crippen LogP contribution is 2.18. The van der Waals surface area contributed by atoms with Gasteiger partial charge < -0.3 is 14.5 Å². The van der Waals surface area contributed by atoms with Crippen LogP contribution in [0.4, 0.5) is 0 Å². The van der Waals surface area contributed by atoms with Gasteiger partial charge in [0.25, 0.3) is 11.6 Å². The molecule has 1 saturated heterocycles. The summed E-state index contributed by atoms with van der Waals surface area (Å²) in [5.74, 6) is -0.0169. The fraction of sp³-hybridized carbons (Fsp3) is 0.562. The number of piperazine rings is 1. The van der Waals surface area contributed by atoms with Gasteiger partial charge in [-0.1, -0.05) is 12.1 Å². The molecule has 0 radical (unpaired) electrons. The van der Waals surface area contributed by atoms with Gasteiger partial charge in [-0.05, 0) is 19.4 Å². The lowest BCUT2D eigenvalue weighted by molar-refractivity contribution is 0.0472. The fourth-order valence-corrected chi connectivity index (χ4v) is 3.04. The number of carbonyl (C=O) groups is 1. The minimum atomic E-state index is -0.0169. The van der Waals surface area contributed by atoms with Gasteiger partial charge in [-0.25, -0.2) is 4.98 Å². The molecule has 1 aliphatic heterocycles. The lowest BCUT2D eigenvalue weighted by Crippen LogP contribution is -2.52. The third-order valence-electron chi connectivity index (χ3n) is 4.56. The van der Waals surface area contributed by atoms with Crippen molar-refractivity contribution in [3.63, 3.8) is 0 Å². The van der Waals surface area contributed by atoms with Crippen LogP contribution in [0.2, 0.25) is 0 Å². The summed E-state index contributed by atoms with van der Waals surface area (Å²) in [6.45, 7) is 6.96. The van der Waals surface area contributed by atoms with Gasteiger partial charge in [-0.3, -0.25) is 9.69 Å². The minimum absolute atomic E-state index is 0.0169. The van der Waals surface area contributed by atoms with Crippen LogP contribution in [-0.4, -0.2) is 69.8 Å². The Morgan fingerprint density at radius 1 is 1.39 bits per heavy atom. The zero-order chi connectivity index (χ0) is 16.4. The number of amides is 1. The number of aryl methyl sites for hydroxylation is 1. The maximum atomic E-state index is 12.7. The van der Waals surface area contributed by atoms with Crippen LogP contribution in [0, 0.1) is 6.92 Å². The molecule has 0 spiro atoms. The zero-order valence-corrected chi connectivity index (χ0v) is 13.5. The average Bonchev–Trinajstić information content (AvgIpc) is 2.96. The van der Waals surface area contributed by atoms with Crippen LogP contribution in [-0.2, 0) is 0 Å². The van der Waals surface area contributed by atoms with Crippen LogP contribution >= 0.6 is 0 Å². The van der Waals surface area contributed by atoms with Crippen molar-refractivity contribution in [1.29, 1.82) is 0 Å².